The van der Waals surface area contributed by atoms with Gasteiger partial charge in [0.05, 0.1) is 0 Å². The van der Waals surface area contributed by atoms with Gasteiger partial charge in [-0.3, -0.25) is 0 Å². The Morgan fingerprint density at radius 2 is 0.774 bits per heavy atom. The summed E-state index contributed by atoms with van der Waals surface area (Å²) in [5.74, 6) is 0. The van der Waals surface area contributed by atoms with Crippen molar-refractivity contribution in [1.82, 2.24) is 0 Å². The number of rotatable bonds is 3. The zero-order chi connectivity index (χ0) is 36.7. The smallest absolute Gasteiger partial charge is 0.0465 e. The van der Waals surface area contributed by atoms with Crippen LogP contribution in [-0.2, 0) is 21.7 Å². The van der Waals surface area contributed by atoms with E-state index >= 15 is 0 Å². The van der Waals surface area contributed by atoms with Gasteiger partial charge in [-0.05, 0) is 125 Å². The molecule has 0 aromatic heterocycles. The Hall–Kier alpha value is -5.40. The second-order valence-electron chi connectivity index (χ2n) is 17.8. The van der Waals surface area contributed by atoms with E-state index in [1.165, 1.54) is 94.6 Å². The molecule has 260 valence electrons. The molecule has 0 saturated carbocycles. The maximum atomic E-state index is 2.53. The Bertz CT molecular complexity index is 2680. The first kappa shape index (κ1) is 32.3. The van der Waals surface area contributed by atoms with Crippen molar-refractivity contribution in [1.29, 1.82) is 0 Å². The van der Waals surface area contributed by atoms with Crippen LogP contribution >= 0.6 is 0 Å². The van der Waals surface area contributed by atoms with Gasteiger partial charge in [-0.1, -0.05) is 159 Å². The van der Waals surface area contributed by atoms with Crippen LogP contribution in [0.4, 0.5) is 17.1 Å². The molecule has 0 N–H and O–H groups in total. The lowest BCUT2D eigenvalue weighted by Crippen LogP contribution is -2.43. The van der Waals surface area contributed by atoms with Gasteiger partial charge < -0.3 is 4.90 Å². The number of benzene rings is 7. The highest BCUT2D eigenvalue weighted by Gasteiger charge is 2.46. The van der Waals surface area contributed by atoms with Crippen LogP contribution in [0.5, 0.6) is 0 Å². The van der Waals surface area contributed by atoms with Gasteiger partial charge in [-0.2, -0.15) is 0 Å². The summed E-state index contributed by atoms with van der Waals surface area (Å²) in [4.78, 5) is 2.53. The molecule has 1 nitrogen and oxygen atoms in total. The summed E-state index contributed by atoms with van der Waals surface area (Å²) >= 11 is 0. The Balaban J connectivity index is 1.20. The molecule has 7 aromatic rings. The summed E-state index contributed by atoms with van der Waals surface area (Å²) in [6, 6.07) is 53.1. The highest BCUT2D eigenvalue weighted by atomic mass is 15.1. The van der Waals surface area contributed by atoms with E-state index in [4.69, 9.17) is 0 Å². The van der Waals surface area contributed by atoms with Gasteiger partial charge in [0.2, 0.25) is 0 Å². The molecule has 0 radical (unpaired) electrons. The van der Waals surface area contributed by atoms with Crippen LogP contribution in [0.1, 0.15) is 88.8 Å². The zero-order valence-corrected chi connectivity index (χ0v) is 32.2. The Kier molecular flexibility index (Phi) is 6.45. The monoisotopic (exact) mass is 685 g/mol. The van der Waals surface area contributed by atoms with Crippen molar-refractivity contribution in [3.8, 4) is 33.4 Å². The van der Waals surface area contributed by atoms with Gasteiger partial charge in [0.1, 0.15) is 0 Å². The first-order valence-corrected chi connectivity index (χ1v) is 19.3. The predicted molar refractivity (Wildman–Crippen MR) is 225 cm³/mol. The van der Waals surface area contributed by atoms with Crippen LogP contribution in [0, 0.1) is 0 Å². The molecule has 0 unspecified atom stereocenters. The second kappa shape index (κ2) is 10.6. The molecule has 1 heteroatoms. The molecule has 0 bridgehead atoms. The van der Waals surface area contributed by atoms with Gasteiger partial charge in [0.25, 0.3) is 0 Å². The average Bonchev–Trinajstić information content (AvgIpc) is 3.53. The van der Waals surface area contributed by atoms with Crippen LogP contribution < -0.4 is 4.90 Å². The minimum absolute atomic E-state index is 0.0461. The maximum absolute atomic E-state index is 2.53. The van der Waals surface area contributed by atoms with E-state index in [2.05, 4.69) is 200 Å². The van der Waals surface area contributed by atoms with E-state index < -0.39 is 0 Å². The van der Waals surface area contributed by atoms with Crippen molar-refractivity contribution in [2.24, 2.45) is 0 Å². The summed E-state index contributed by atoms with van der Waals surface area (Å²) in [6.45, 7) is 19.3. The van der Waals surface area contributed by atoms with Crippen molar-refractivity contribution in [3.63, 3.8) is 0 Å². The van der Waals surface area contributed by atoms with E-state index in [0.29, 0.717) is 0 Å². The van der Waals surface area contributed by atoms with E-state index in [0.717, 1.165) is 0 Å². The SMILES string of the molecule is CC1(C)c2ccccc2-c2ccc(N(c3ccc4c(c3)C(C)(C)c3c-4ccc4ccccc34)c3ccc4c(c3)C(C)(C)C(C)(C)c3ccccc3-4)cc21. The quantitative estimate of drug-likeness (QED) is 0.179. The molecule has 0 aliphatic heterocycles. The Labute approximate surface area is 315 Å². The van der Waals surface area contributed by atoms with Crippen LogP contribution in [0.3, 0.4) is 0 Å². The average molecular weight is 686 g/mol. The lowest BCUT2D eigenvalue weighted by Gasteiger charge is -2.48. The molecular formula is C52H47N. The summed E-state index contributed by atoms with van der Waals surface area (Å²) in [6.07, 6.45) is 0. The largest absolute Gasteiger partial charge is 0.310 e. The maximum Gasteiger partial charge on any atom is 0.0465 e. The summed E-state index contributed by atoms with van der Waals surface area (Å²) in [5.41, 5.74) is 19.7. The fourth-order valence-corrected chi connectivity index (χ4v) is 10.4. The van der Waals surface area contributed by atoms with Crippen molar-refractivity contribution >= 4 is 27.8 Å². The molecule has 0 fully saturated rings. The van der Waals surface area contributed by atoms with Crippen LogP contribution in [0.2, 0.25) is 0 Å². The van der Waals surface area contributed by atoms with Gasteiger partial charge >= 0.3 is 0 Å². The molecule has 0 spiro atoms. The summed E-state index contributed by atoms with van der Waals surface area (Å²) in [5, 5.41) is 2.65. The summed E-state index contributed by atoms with van der Waals surface area (Å²) in [7, 11) is 0. The fraction of sp³-hybridized carbons (Fsp3) is 0.231. The third-order valence-corrected chi connectivity index (χ3v) is 14.0. The van der Waals surface area contributed by atoms with E-state index in [-0.39, 0.29) is 21.7 Å². The highest BCUT2D eigenvalue weighted by molar-refractivity contribution is 5.98. The van der Waals surface area contributed by atoms with Crippen molar-refractivity contribution < 1.29 is 0 Å². The van der Waals surface area contributed by atoms with Gasteiger partial charge in [-0.15, -0.1) is 0 Å². The van der Waals surface area contributed by atoms with E-state index in [1.807, 2.05) is 0 Å². The van der Waals surface area contributed by atoms with Crippen molar-refractivity contribution in [3.05, 3.63) is 173 Å². The van der Waals surface area contributed by atoms with Gasteiger partial charge in [0, 0.05) is 27.9 Å². The van der Waals surface area contributed by atoms with Gasteiger partial charge in [-0.25, -0.2) is 0 Å². The Morgan fingerprint density at radius 1 is 0.340 bits per heavy atom. The molecule has 10 rings (SSSR count). The number of fused-ring (bicyclic) bond motifs is 11. The lowest BCUT2D eigenvalue weighted by molar-refractivity contribution is 0.299. The lowest BCUT2D eigenvalue weighted by atomic mass is 9.55. The number of nitrogens with zero attached hydrogens (tertiary/aromatic N) is 1. The highest BCUT2D eigenvalue weighted by Crippen LogP contribution is 2.57. The molecule has 3 aliphatic carbocycles. The fourth-order valence-electron chi connectivity index (χ4n) is 10.4. The minimum Gasteiger partial charge on any atom is -0.310 e. The summed E-state index contributed by atoms with van der Waals surface area (Å²) < 4.78 is 0. The minimum atomic E-state index is -0.152. The van der Waals surface area contributed by atoms with E-state index in [1.54, 1.807) is 0 Å². The molecule has 3 aliphatic rings. The van der Waals surface area contributed by atoms with Crippen molar-refractivity contribution in [2.45, 2.75) is 77.0 Å². The zero-order valence-electron chi connectivity index (χ0n) is 32.2. The molecule has 53 heavy (non-hydrogen) atoms. The molecule has 0 heterocycles. The molecule has 0 amide bonds. The second-order valence-corrected chi connectivity index (χ2v) is 17.8. The van der Waals surface area contributed by atoms with Crippen LogP contribution in [-0.4, -0.2) is 0 Å². The topological polar surface area (TPSA) is 3.24 Å². The van der Waals surface area contributed by atoms with Crippen molar-refractivity contribution in [2.75, 3.05) is 4.90 Å². The molecule has 0 saturated heterocycles. The molecule has 0 atom stereocenters. The van der Waals surface area contributed by atoms with Gasteiger partial charge in [0.15, 0.2) is 0 Å². The predicted octanol–water partition coefficient (Wildman–Crippen LogP) is 14.2. The first-order chi connectivity index (χ1) is 25.3. The molecule has 7 aromatic carbocycles. The normalized spacial score (nSPS) is 17.3. The van der Waals surface area contributed by atoms with E-state index in [9.17, 15) is 0 Å². The number of hydrogen-bond acceptors (Lipinski definition) is 1. The van der Waals surface area contributed by atoms with Crippen LogP contribution in [0.15, 0.2) is 140 Å². The third-order valence-electron chi connectivity index (χ3n) is 14.0. The number of anilines is 3. The van der Waals surface area contributed by atoms with Crippen LogP contribution in [0.25, 0.3) is 44.2 Å². The Morgan fingerprint density at radius 3 is 1.43 bits per heavy atom. The standard InChI is InChI=1S/C52H47N/c1-49(2)43-19-13-11-17-37(43)39-26-22-33(29-45(39)49)53(35-23-27-40-38-18-12-14-20-44(38)51(5,6)52(7,8)47(40)31-35)34-24-28-41-42-25-21-32-15-9-10-16-36(32)48(42)50(3,4)46(41)30-34/h9-31H,1-8H3. The first-order valence-electron chi connectivity index (χ1n) is 19.3. The molecular weight excluding hydrogens is 639 g/mol. The number of hydrogen-bond donors (Lipinski definition) is 0. The third kappa shape index (κ3) is 4.20.